The van der Waals surface area contributed by atoms with Gasteiger partial charge in [0.15, 0.2) is 0 Å². The molecule has 152 valence electrons. The standard InChI is InChI=1S/C26H26N2O2/c29-26(27-20-14-16-28(17-15-20)18-19-8-2-1-3-9-19)25-21-10-4-6-12-23(21)30-24-13-7-5-11-22(24)25/h1-13,20,25H,14-18H2,(H,27,29)/p+1. The van der Waals surface area contributed by atoms with Crippen molar-refractivity contribution in [1.29, 1.82) is 0 Å². The molecule has 2 aliphatic rings. The lowest BCUT2D eigenvalue weighted by atomic mass is 9.87. The van der Waals surface area contributed by atoms with Crippen LogP contribution < -0.4 is 15.0 Å². The first-order chi connectivity index (χ1) is 14.8. The molecule has 0 unspecified atom stereocenters. The SMILES string of the molecule is O=C(NC1CC[NH+](Cc2ccccc2)CC1)C1c2ccccc2Oc2ccccc21. The van der Waals surface area contributed by atoms with Crippen LogP contribution in [0.1, 0.15) is 35.4 Å². The second-order valence-corrected chi connectivity index (χ2v) is 8.31. The maximum atomic E-state index is 13.4. The van der Waals surface area contributed by atoms with Gasteiger partial charge in [0, 0.05) is 35.6 Å². The largest absolute Gasteiger partial charge is 0.457 e. The molecule has 5 rings (SSSR count). The van der Waals surface area contributed by atoms with E-state index in [1.165, 1.54) is 5.56 Å². The summed E-state index contributed by atoms with van der Waals surface area (Å²) in [5.41, 5.74) is 3.27. The van der Waals surface area contributed by atoms with Crippen molar-refractivity contribution in [2.45, 2.75) is 31.3 Å². The maximum Gasteiger partial charge on any atom is 0.232 e. The Labute approximate surface area is 177 Å². The normalized spacial score (nSPS) is 20.5. The molecular weight excluding hydrogens is 372 g/mol. The first-order valence-electron chi connectivity index (χ1n) is 10.8. The molecule has 0 spiro atoms. The molecule has 0 bridgehead atoms. The summed E-state index contributed by atoms with van der Waals surface area (Å²) in [6.07, 6.45) is 2.03. The van der Waals surface area contributed by atoms with Crippen molar-refractivity contribution in [2.75, 3.05) is 13.1 Å². The Bertz CT molecular complexity index is 980. The number of benzene rings is 3. The molecule has 2 aliphatic heterocycles. The summed E-state index contributed by atoms with van der Waals surface area (Å²) < 4.78 is 6.04. The highest BCUT2D eigenvalue weighted by atomic mass is 16.5. The highest BCUT2D eigenvalue weighted by Crippen LogP contribution is 2.43. The fraction of sp³-hybridized carbons (Fsp3) is 0.269. The van der Waals surface area contributed by atoms with Crippen LogP contribution in [0.3, 0.4) is 0 Å². The van der Waals surface area contributed by atoms with Gasteiger partial charge in [0.2, 0.25) is 5.91 Å². The lowest BCUT2D eigenvalue weighted by molar-refractivity contribution is -0.918. The van der Waals surface area contributed by atoms with Gasteiger partial charge >= 0.3 is 0 Å². The number of nitrogens with one attached hydrogen (secondary N) is 2. The molecule has 2 N–H and O–H groups in total. The Balaban J connectivity index is 1.26. The zero-order valence-corrected chi connectivity index (χ0v) is 17.0. The fourth-order valence-electron chi connectivity index (χ4n) is 4.71. The number of para-hydroxylation sites is 2. The molecule has 0 aliphatic carbocycles. The van der Waals surface area contributed by atoms with E-state index in [1.54, 1.807) is 4.90 Å². The molecule has 4 heteroatoms. The zero-order valence-electron chi connectivity index (χ0n) is 17.0. The van der Waals surface area contributed by atoms with Crippen LogP contribution in [0.5, 0.6) is 11.5 Å². The number of quaternary nitrogens is 1. The summed E-state index contributed by atoms with van der Waals surface area (Å²) in [5.74, 6) is 1.31. The molecule has 1 fully saturated rings. The van der Waals surface area contributed by atoms with Crippen LogP contribution >= 0.6 is 0 Å². The van der Waals surface area contributed by atoms with Crippen LogP contribution in [0.4, 0.5) is 0 Å². The van der Waals surface area contributed by atoms with Gasteiger partial charge in [0.1, 0.15) is 18.0 Å². The molecule has 1 saturated heterocycles. The van der Waals surface area contributed by atoms with Crippen molar-refractivity contribution < 1.29 is 14.4 Å². The second kappa shape index (κ2) is 8.33. The number of carbonyl (C=O) groups excluding carboxylic acids is 1. The summed E-state index contributed by atoms with van der Waals surface area (Å²) in [4.78, 5) is 15.0. The number of likely N-dealkylation sites (tertiary alicyclic amines) is 1. The lowest BCUT2D eigenvalue weighted by Crippen LogP contribution is -3.12. The number of ether oxygens (including phenoxy) is 1. The summed E-state index contributed by atoms with van der Waals surface area (Å²) in [5, 5.41) is 3.35. The quantitative estimate of drug-likeness (QED) is 0.707. The van der Waals surface area contributed by atoms with Crippen molar-refractivity contribution in [3.63, 3.8) is 0 Å². The summed E-state index contributed by atoms with van der Waals surface area (Å²) >= 11 is 0. The van der Waals surface area contributed by atoms with Crippen LogP contribution in [0.15, 0.2) is 78.9 Å². The molecule has 3 aromatic carbocycles. The Kier molecular flexibility index (Phi) is 5.24. The number of amides is 1. The van der Waals surface area contributed by atoms with Crippen molar-refractivity contribution >= 4 is 5.91 Å². The highest BCUT2D eigenvalue weighted by molar-refractivity contribution is 5.89. The minimum Gasteiger partial charge on any atom is -0.457 e. The number of piperidine rings is 1. The Morgan fingerprint density at radius 1 is 0.833 bits per heavy atom. The first-order valence-corrected chi connectivity index (χ1v) is 10.8. The van der Waals surface area contributed by atoms with Gasteiger partial charge in [-0.3, -0.25) is 4.79 Å². The van der Waals surface area contributed by atoms with Gasteiger partial charge in [-0.2, -0.15) is 0 Å². The van der Waals surface area contributed by atoms with E-state index in [1.807, 2.05) is 48.5 Å². The minimum atomic E-state index is -0.319. The number of hydrogen-bond acceptors (Lipinski definition) is 2. The maximum absolute atomic E-state index is 13.4. The van der Waals surface area contributed by atoms with Gasteiger partial charge in [-0.25, -0.2) is 0 Å². The lowest BCUT2D eigenvalue weighted by Gasteiger charge is -2.32. The van der Waals surface area contributed by atoms with Gasteiger partial charge in [0.05, 0.1) is 19.0 Å². The average Bonchev–Trinajstić information content (AvgIpc) is 2.79. The molecule has 0 saturated carbocycles. The molecule has 1 amide bonds. The predicted molar refractivity (Wildman–Crippen MR) is 117 cm³/mol. The second-order valence-electron chi connectivity index (χ2n) is 8.31. The molecule has 30 heavy (non-hydrogen) atoms. The van der Waals surface area contributed by atoms with Crippen LogP contribution in [0, 0.1) is 0 Å². The topological polar surface area (TPSA) is 42.8 Å². The van der Waals surface area contributed by atoms with Crippen LogP contribution in [0.2, 0.25) is 0 Å². The van der Waals surface area contributed by atoms with E-state index in [9.17, 15) is 4.79 Å². The van der Waals surface area contributed by atoms with E-state index in [4.69, 9.17) is 4.74 Å². The fourth-order valence-corrected chi connectivity index (χ4v) is 4.71. The smallest absolute Gasteiger partial charge is 0.232 e. The highest BCUT2D eigenvalue weighted by Gasteiger charge is 2.34. The Hall–Kier alpha value is -3.11. The molecule has 2 heterocycles. The zero-order chi connectivity index (χ0) is 20.3. The summed E-state index contributed by atoms with van der Waals surface area (Å²) in [6, 6.07) is 26.6. The van der Waals surface area contributed by atoms with Crippen molar-refractivity contribution in [1.82, 2.24) is 5.32 Å². The Morgan fingerprint density at radius 3 is 2.03 bits per heavy atom. The van der Waals surface area contributed by atoms with Crippen LogP contribution in [-0.2, 0) is 11.3 Å². The third-order valence-corrected chi connectivity index (χ3v) is 6.28. The third-order valence-electron chi connectivity index (χ3n) is 6.28. The molecule has 0 atom stereocenters. The number of carbonyl (C=O) groups is 1. The predicted octanol–water partition coefficient (Wildman–Crippen LogP) is 3.29. The van der Waals surface area contributed by atoms with Crippen molar-refractivity contribution in [2.24, 2.45) is 0 Å². The molecule has 4 nitrogen and oxygen atoms in total. The molecule has 3 aromatic rings. The van der Waals surface area contributed by atoms with Gasteiger partial charge in [0.25, 0.3) is 0 Å². The average molecular weight is 400 g/mol. The number of hydrogen-bond donors (Lipinski definition) is 2. The number of rotatable bonds is 4. The van der Waals surface area contributed by atoms with Crippen LogP contribution in [0.25, 0.3) is 0 Å². The summed E-state index contributed by atoms with van der Waals surface area (Å²) in [6.45, 7) is 3.23. The minimum absolute atomic E-state index is 0.0784. The van der Waals surface area contributed by atoms with E-state index >= 15 is 0 Å². The van der Waals surface area contributed by atoms with Crippen molar-refractivity contribution in [3.8, 4) is 11.5 Å². The monoisotopic (exact) mass is 399 g/mol. The van der Waals surface area contributed by atoms with E-state index in [0.717, 1.165) is 55.1 Å². The molecule has 0 radical (unpaired) electrons. The number of fused-ring (bicyclic) bond motifs is 2. The van der Waals surface area contributed by atoms with E-state index in [-0.39, 0.29) is 17.9 Å². The third kappa shape index (κ3) is 3.83. The van der Waals surface area contributed by atoms with E-state index in [0.29, 0.717) is 0 Å². The summed E-state index contributed by atoms with van der Waals surface area (Å²) in [7, 11) is 0. The first kappa shape index (κ1) is 18.9. The Morgan fingerprint density at radius 2 is 1.40 bits per heavy atom. The van der Waals surface area contributed by atoms with Crippen molar-refractivity contribution in [3.05, 3.63) is 95.6 Å². The van der Waals surface area contributed by atoms with E-state index in [2.05, 4.69) is 35.6 Å². The van der Waals surface area contributed by atoms with Gasteiger partial charge < -0.3 is 15.0 Å². The van der Waals surface area contributed by atoms with Gasteiger partial charge in [-0.05, 0) is 12.1 Å². The van der Waals surface area contributed by atoms with Gasteiger partial charge in [-0.15, -0.1) is 0 Å². The molecular formula is C26H27N2O2+. The van der Waals surface area contributed by atoms with Gasteiger partial charge in [-0.1, -0.05) is 66.7 Å². The molecule has 0 aromatic heterocycles. The van der Waals surface area contributed by atoms with E-state index < -0.39 is 0 Å². The van der Waals surface area contributed by atoms with Crippen LogP contribution in [-0.4, -0.2) is 25.0 Å².